The molecule has 0 aliphatic heterocycles. The molecule has 0 aliphatic rings. The second-order valence-corrected chi connectivity index (χ2v) is 6.19. The van der Waals surface area contributed by atoms with Gasteiger partial charge < -0.3 is 10.1 Å². The van der Waals surface area contributed by atoms with E-state index in [-0.39, 0.29) is 12.5 Å². The molecule has 0 atom stereocenters. The highest BCUT2D eigenvalue weighted by Crippen LogP contribution is 2.13. The highest BCUT2D eigenvalue weighted by atomic mass is 32.2. The van der Waals surface area contributed by atoms with E-state index in [0.29, 0.717) is 5.82 Å². The Bertz CT molecular complexity index is 719. The average molecular weight is 308 g/mol. The number of benzene rings is 1. The Morgan fingerprint density at radius 1 is 1.24 bits per heavy atom. The van der Waals surface area contributed by atoms with E-state index in [9.17, 15) is 8.42 Å². The predicted octanol–water partition coefficient (Wildman–Crippen LogP) is 1.60. The summed E-state index contributed by atoms with van der Waals surface area (Å²) in [6, 6.07) is 7.64. The van der Waals surface area contributed by atoms with Gasteiger partial charge in [0.25, 0.3) is 0 Å². The van der Waals surface area contributed by atoms with Crippen molar-refractivity contribution in [3.05, 3.63) is 42.2 Å². The Balaban J connectivity index is 1.93. The van der Waals surface area contributed by atoms with Crippen molar-refractivity contribution in [2.24, 2.45) is 0 Å². The summed E-state index contributed by atoms with van der Waals surface area (Å²) in [7, 11) is -3.37. The minimum absolute atomic E-state index is 0.151. The molecule has 1 aromatic heterocycles. The quantitative estimate of drug-likeness (QED) is 0.787. The van der Waals surface area contributed by atoms with Crippen molar-refractivity contribution in [3.63, 3.8) is 0 Å². The maximum atomic E-state index is 11.1. The van der Waals surface area contributed by atoms with Gasteiger partial charge in [-0.15, -0.1) is 0 Å². The molecular formula is C13H16N4O3S. The molecule has 0 bridgehead atoms. The van der Waals surface area contributed by atoms with Crippen LogP contribution in [0.4, 0.5) is 11.6 Å². The van der Waals surface area contributed by atoms with E-state index in [0.717, 1.165) is 17.6 Å². The summed E-state index contributed by atoms with van der Waals surface area (Å²) in [4.78, 5) is 7.96. The van der Waals surface area contributed by atoms with Crippen molar-refractivity contribution in [1.29, 1.82) is 0 Å². The van der Waals surface area contributed by atoms with Crippen molar-refractivity contribution in [1.82, 2.24) is 9.97 Å². The predicted molar refractivity (Wildman–Crippen MR) is 80.8 cm³/mol. The number of ether oxygens (including phenoxy) is 1. The third-order valence-corrected chi connectivity index (χ3v) is 2.99. The van der Waals surface area contributed by atoms with Crippen molar-refractivity contribution < 1.29 is 13.2 Å². The van der Waals surface area contributed by atoms with Crippen LogP contribution in [0.3, 0.4) is 0 Å². The molecule has 2 aromatic rings. The molecule has 112 valence electrons. The van der Waals surface area contributed by atoms with E-state index >= 15 is 0 Å². The van der Waals surface area contributed by atoms with Crippen LogP contribution >= 0.6 is 0 Å². The summed E-state index contributed by atoms with van der Waals surface area (Å²) < 4.78 is 30.0. The summed E-state index contributed by atoms with van der Waals surface area (Å²) in [5.41, 5.74) is 1.10. The fraction of sp³-hybridized carbons (Fsp3) is 0.231. The molecule has 0 spiro atoms. The number of hydrogen-bond donors (Lipinski definition) is 2. The minimum Gasteiger partial charge on any atom is -0.473 e. The van der Waals surface area contributed by atoms with Crippen molar-refractivity contribution in [2.45, 2.75) is 6.92 Å². The Hall–Kier alpha value is -2.35. The summed E-state index contributed by atoms with van der Waals surface area (Å²) >= 11 is 0. The Morgan fingerprint density at radius 3 is 2.71 bits per heavy atom. The van der Waals surface area contributed by atoms with E-state index in [1.807, 2.05) is 31.2 Å². The lowest BCUT2D eigenvalue weighted by molar-refractivity contribution is 0.346. The molecule has 0 radical (unpaired) electrons. The fourth-order valence-corrected chi connectivity index (χ4v) is 2.07. The molecular weight excluding hydrogens is 292 g/mol. The standard InChI is InChI=1S/C13H16N4O3S/c1-10-4-3-5-11(6-10)20-9-15-12-7-14-8-13(16-12)17-21(2,18)19/h3-8H,9H2,1-2H3,(H2,15,16,17). The highest BCUT2D eigenvalue weighted by Gasteiger charge is 2.04. The molecule has 0 saturated heterocycles. The molecule has 8 heteroatoms. The molecule has 2 N–H and O–H groups in total. The Kier molecular flexibility index (Phi) is 4.59. The van der Waals surface area contributed by atoms with Crippen molar-refractivity contribution in [2.75, 3.05) is 23.0 Å². The number of rotatable bonds is 6. The second kappa shape index (κ2) is 6.40. The van der Waals surface area contributed by atoms with Crippen LogP contribution in [0.25, 0.3) is 0 Å². The third kappa shape index (κ3) is 5.27. The van der Waals surface area contributed by atoms with Crippen LogP contribution in [-0.4, -0.2) is 31.4 Å². The SMILES string of the molecule is Cc1cccc(OCNc2cncc(NS(C)(=O)=O)n2)c1. The van der Waals surface area contributed by atoms with E-state index in [1.54, 1.807) is 0 Å². The number of aromatic nitrogens is 2. The molecule has 2 rings (SSSR count). The molecule has 21 heavy (non-hydrogen) atoms. The lowest BCUT2D eigenvalue weighted by Crippen LogP contribution is -2.14. The third-order valence-electron chi connectivity index (χ3n) is 2.41. The van der Waals surface area contributed by atoms with Gasteiger partial charge in [0, 0.05) is 0 Å². The first-order chi connectivity index (χ1) is 9.92. The van der Waals surface area contributed by atoms with E-state index in [2.05, 4.69) is 20.0 Å². The van der Waals surface area contributed by atoms with Gasteiger partial charge in [0.1, 0.15) is 11.6 Å². The van der Waals surface area contributed by atoms with Crippen molar-refractivity contribution in [3.8, 4) is 5.75 Å². The van der Waals surface area contributed by atoms with Crippen LogP contribution in [0.1, 0.15) is 5.56 Å². The second-order valence-electron chi connectivity index (χ2n) is 4.45. The van der Waals surface area contributed by atoms with Crippen LogP contribution in [0.15, 0.2) is 36.7 Å². The number of sulfonamides is 1. The first kappa shape index (κ1) is 15.0. The number of aryl methyl sites for hydroxylation is 1. The van der Waals surface area contributed by atoms with Gasteiger partial charge in [-0.2, -0.15) is 0 Å². The van der Waals surface area contributed by atoms with Crippen LogP contribution in [0, 0.1) is 6.92 Å². The summed E-state index contributed by atoms with van der Waals surface area (Å²) in [6.07, 6.45) is 3.86. The van der Waals surface area contributed by atoms with Gasteiger partial charge in [-0.1, -0.05) is 12.1 Å². The molecule has 0 aliphatic carbocycles. The first-order valence-corrected chi connectivity index (χ1v) is 8.05. The van der Waals surface area contributed by atoms with Crippen LogP contribution in [-0.2, 0) is 10.0 Å². The number of hydrogen-bond acceptors (Lipinski definition) is 6. The topological polar surface area (TPSA) is 93.2 Å². The summed E-state index contributed by atoms with van der Waals surface area (Å²) in [5, 5.41) is 2.91. The number of nitrogens with one attached hydrogen (secondary N) is 2. The highest BCUT2D eigenvalue weighted by molar-refractivity contribution is 7.92. The molecule has 1 aromatic carbocycles. The molecule has 0 fully saturated rings. The zero-order valence-electron chi connectivity index (χ0n) is 11.7. The van der Waals surface area contributed by atoms with E-state index in [4.69, 9.17) is 4.74 Å². The van der Waals surface area contributed by atoms with Crippen molar-refractivity contribution >= 4 is 21.7 Å². The van der Waals surface area contributed by atoms with Gasteiger partial charge in [-0.25, -0.2) is 13.4 Å². The normalized spacial score (nSPS) is 11.0. The van der Waals surface area contributed by atoms with E-state index < -0.39 is 10.0 Å². The van der Waals surface area contributed by atoms with Gasteiger partial charge in [0.15, 0.2) is 12.5 Å². The van der Waals surface area contributed by atoms with Crippen LogP contribution < -0.4 is 14.8 Å². The summed E-state index contributed by atoms with van der Waals surface area (Å²) in [5.74, 6) is 1.30. The Labute approximate surface area is 123 Å². The van der Waals surface area contributed by atoms with Crippen LogP contribution in [0.2, 0.25) is 0 Å². The molecule has 0 amide bonds. The van der Waals surface area contributed by atoms with Gasteiger partial charge in [-0.05, 0) is 24.6 Å². The fourth-order valence-electron chi connectivity index (χ4n) is 1.59. The molecule has 1 heterocycles. The average Bonchev–Trinajstić information content (AvgIpc) is 2.37. The first-order valence-electron chi connectivity index (χ1n) is 6.15. The lowest BCUT2D eigenvalue weighted by Gasteiger charge is -2.09. The lowest BCUT2D eigenvalue weighted by atomic mass is 10.2. The number of anilines is 2. The minimum atomic E-state index is -3.37. The van der Waals surface area contributed by atoms with Gasteiger partial charge in [0.05, 0.1) is 18.6 Å². The van der Waals surface area contributed by atoms with Gasteiger partial charge in [0.2, 0.25) is 10.0 Å². The number of nitrogens with zero attached hydrogens (tertiary/aromatic N) is 2. The van der Waals surface area contributed by atoms with Crippen LogP contribution in [0.5, 0.6) is 5.75 Å². The zero-order valence-corrected chi connectivity index (χ0v) is 12.5. The summed E-state index contributed by atoms with van der Waals surface area (Å²) in [6.45, 7) is 2.17. The monoisotopic (exact) mass is 308 g/mol. The van der Waals surface area contributed by atoms with E-state index in [1.165, 1.54) is 12.4 Å². The van der Waals surface area contributed by atoms with Gasteiger partial charge in [-0.3, -0.25) is 9.71 Å². The maximum absolute atomic E-state index is 11.1. The van der Waals surface area contributed by atoms with Gasteiger partial charge >= 0.3 is 0 Å². The molecule has 0 saturated carbocycles. The molecule has 7 nitrogen and oxygen atoms in total. The Morgan fingerprint density at radius 2 is 2.00 bits per heavy atom. The zero-order chi connectivity index (χ0) is 15.3. The maximum Gasteiger partial charge on any atom is 0.231 e. The largest absolute Gasteiger partial charge is 0.473 e. The smallest absolute Gasteiger partial charge is 0.231 e. The molecule has 0 unspecified atom stereocenters.